The van der Waals surface area contributed by atoms with Crippen LogP contribution >= 0.6 is 0 Å². The molecule has 0 aromatic heterocycles. The van der Waals surface area contributed by atoms with Crippen molar-refractivity contribution in [3.8, 4) is 0 Å². The molecule has 0 aliphatic carbocycles. The van der Waals surface area contributed by atoms with Gasteiger partial charge in [-0.15, -0.1) is 0 Å². The summed E-state index contributed by atoms with van der Waals surface area (Å²) in [5.74, 6) is -1.55. The molecule has 3 nitrogen and oxygen atoms in total. The zero-order valence-electron chi connectivity index (χ0n) is 11.7. The lowest BCUT2D eigenvalue weighted by Crippen LogP contribution is -2.24. The van der Waals surface area contributed by atoms with E-state index in [0.717, 1.165) is 12.1 Å². The van der Waals surface area contributed by atoms with Crippen molar-refractivity contribution in [1.82, 2.24) is 0 Å². The molecule has 6 heteroatoms. The summed E-state index contributed by atoms with van der Waals surface area (Å²) in [7, 11) is -3.66. The molecule has 0 saturated heterocycles. The first kappa shape index (κ1) is 15.9. The average molecular weight is 291 g/mol. The second-order valence-electron chi connectivity index (χ2n) is 5.73. The number of halogens is 2. The first-order chi connectivity index (χ1) is 8.47. The Kier molecular flexibility index (Phi) is 4.24. The predicted octanol–water partition coefficient (Wildman–Crippen LogP) is 3.41. The molecule has 0 fully saturated rings. The highest BCUT2D eigenvalue weighted by molar-refractivity contribution is 7.93. The second-order valence-corrected chi connectivity index (χ2v) is 7.97. The van der Waals surface area contributed by atoms with Crippen molar-refractivity contribution in [1.29, 1.82) is 0 Å². The topological polar surface area (TPSA) is 46.2 Å². The zero-order chi connectivity index (χ0) is 15.0. The molecule has 0 heterocycles. The smallest absolute Gasteiger partial charge is 0.235 e. The van der Waals surface area contributed by atoms with Crippen molar-refractivity contribution in [2.24, 2.45) is 0 Å². The third-order valence-electron chi connectivity index (χ3n) is 2.71. The molecule has 1 aromatic rings. The summed E-state index contributed by atoms with van der Waals surface area (Å²) in [5, 5.41) is -0.699. The van der Waals surface area contributed by atoms with Crippen molar-refractivity contribution in [2.45, 2.75) is 45.3 Å². The Bertz CT molecular complexity index is 575. The minimum Gasteiger partial charge on any atom is -0.280 e. The molecular weight excluding hydrogens is 272 g/mol. The van der Waals surface area contributed by atoms with Gasteiger partial charge >= 0.3 is 0 Å². The molecule has 19 heavy (non-hydrogen) atoms. The Morgan fingerprint density at radius 2 is 1.68 bits per heavy atom. The van der Waals surface area contributed by atoms with Crippen molar-refractivity contribution in [3.63, 3.8) is 0 Å². The van der Waals surface area contributed by atoms with Crippen LogP contribution in [0.3, 0.4) is 0 Å². The Morgan fingerprint density at radius 3 is 2.11 bits per heavy atom. The van der Waals surface area contributed by atoms with Crippen molar-refractivity contribution in [3.05, 3.63) is 29.3 Å². The molecule has 0 spiro atoms. The van der Waals surface area contributed by atoms with Gasteiger partial charge < -0.3 is 0 Å². The van der Waals surface area contributed by atoms with E-state index in [1.54, 1.807) is 20.8 Å². The molecule has 0 unspecified atom stereocenters. The highest BCUT2D eigenvalue weighted by Crippen LogP contribution is 2.32. The number of nitrogens with one attached hydrogen (secondary N) is 1. The first-order valence-electron chi connectivity index (χ1n) is 5.97. The monoisotopic (exact) mass is 291 g/mol. The summed E-state index contributed by atoms with van der Waals surface area (Å²) >= 11 is 0. The molecule has 1 aromatic carbocycles. The van der Waals surface area contributed by atoms with Crippen LogP contribution in [-0.2, 0) is 15.4 Å². The van der Waals surface area contributed by atoms with Gasteiger partial charge in [0, 0.05) is 5.56 Å². The standard InChI is InChI=1S/C13H19F2NO2S/c1-8(2)19(17,18)16-10-7-6-9(14)11(12(10)15)13(3,4)5/h6-8,16H,1-5H3. The quantitative estimate of drug-likeness (QED) is 0.927. The number of anilines is 1. The van der Waals surface area contributed by atoms with Crippen LogP contribution in [0.2, 0.25) is 0 Å². The summed E-state index contributed by atoms with van der Waals surface area (Å²) < 4.78 is 53.6. The second kappa shape index (κ2) is 5.07. The zero-order valence-corrected chi connectivity index (χ0v) is 12.5. The summed E-state index contributed by atoms with van der Waals surface area (Å²) in [5.41, 5.74) is -1.11. The number of rotatable bonds is 3. The van der Waals surface area contributed by atoms with E-state index in [9.17, 15) is 17.2 Å². The van der Waals surface area contributed by atoms with Crippen LogP contribution < -0.4 is 4.72 Å². The molecule has 0 aliphatic heterocycles. The maximum absolute atomic E-state index is 14.3. The molecular formula is C13H19F2NO2S. The Hall–Kier alpha value is -1.17. The lowest BCUT2D eigenvalue weighted by atomic mass is 9.86. The van der Waals surface area contributed by atoms with Crippen LogP contribution in [0.15, 0.2) is 12.1 Å². The Balaban J connectivity index is 3.35. The molecule has 0 saturated carbocycles. The molecule has 0 aliphatic rings. The van der Waals surface area contributed by atoms with Crippen molar-refractivity contribution < 1.29 is 17.2 Å². The van der Waals surface area contributed by atoms with Gasteiger partial charge in [-0.25, -0.2) is 17.2 Å². The number of sulfonamides is 1. The Morgan fingerprint density at radius 1 is 1.16 bits per heavy atom. The van der Waals surface area contributed by atoms with Gasteiger partial charge in [0.1, 0.15) is 5.82 Å². The van der Waals surface area contributed by atoms with Crippen LogP contribution in [0.25, 0.3) is 0 Å². The van der Waals surface area contributed by atoms with Crippen molar-refractivity contribution >= 4 is 15.7 Å². The van der Waals surface area contributed by atoms with E-state index in [-0.39, 0.29) is 11.3 Å². The van der Waals surface area contributed by atoms with Crippen LogP contribution in [0.5, 0.6) is 0 Å². The van der Waals surface area contributed by atoms with Crippen LogP contribution in [0.1, 0.15) is 40.2 Å². The highest BCUT2D eigenvalue weighted by atomic mass is 32.2. The molecule has 1 rings (SSSR count). The fourth-order valence-corrected chi connectivity index (χ4v) is 2.29. The van der Waals surface area contributed by atoms with Crippen LogP contribution in [-0.4, -0.2) is 13.7 Å². The summed E-state index contributed by atoms with van der Waals surface area (Å²) in [4.78, 5) is 0. The van der Waals surface area contributed by atoms with E-state index >= 15 is 0 Å². The molecule has 0 bridgehead atoms. The van der Waals surface area contributed by atoms with Crippen LogP contribution in [0, 0.1) is 11.6 Å². The van der Waals surface area contributed by atoms with Gasteiger partial charge in [-0.1, -0.05) is 20.8 Å². The first-order valence-corrected chi connectivity index (χ1v) is 7.51. The van der Waals surface area contributed by atoms with E-state index in [0.29, 0.717) is 0 Å². The Labute approximate surface area is 113 Å². The third kappa shape index (κ3) is 3.43. The van der Waals surface area contributed by atoms with Crippen molar-refractivity contribution in [2.75, 3.05) is 4.72 Å². The molecule has 0 radical (unpaired) electrons. The summed E-state index contributed by atoms with van der Waals surface area (Å²) in [6, 6.07) is 2.17. The lowest BCUT2D eigenvalue weighted by molar-refractivity contribution is 0.477. The summed E-state index contributed by atoms with van der Waals surface area (Å²) in [6.07, 6.45) is 0. The van der Waals surface area contributed by atoms with Gasteiger partial charge in [-0.05, 0) is 31.4 Å². The van der Waals surface area contributed by atoms with Gasteiger partial charge in [-0.3, -0.25) is 4.72 Å². The minimum atomic E-state index is -3.66. The lowest BCUT2D eigenvalue weighted by Gasteiger charge is -2.22. The van der Waals surface area contributed by atoms with E-state index in [2.05, 4.69) is 4.72 Å². The van der Waals surface area contributed by atoms with Crippen LogP contribution in [0.4, 0.5) is 14.5 Å². The van der Waals surface area contributed by atoms with Gasteiger partial charge in [-0.2, -0.15) is 0 Å². The number of hydrogen-bond donors (Lipinski definition) is 1. The van der Waals surface area contributed by atoms with Gasteiger partial charge in [0.15, 0.2) is 5.82 Å². The van der Waals surface area contributed by atoms with E-state index in [1.165, 1.54) is 13.8 Å². The van der Waals surface area contributed by atoms with Gasteiger partial charge in [0.2, 0.25) is 10.0 Å². The van der Waals surface area contributed by atoms with E-state index < -0.39 is 32.3 Å². The van der Waals surface area contributed by atoms with E-state index in [1.807, 2.05) is 0 Å². The highest BCUT2D eigenvalue weighted by Gasteiger charge is 2.27. The molecule has 0 atom stereocenters. The molecule has 108 valence electrons. The normalized spacial score (nSPS) is 12.8. The maximum Gasteiger partial charge on any atom is 0.235 e. The number of hydrogen-bond acceptors (Lipinski definition) is 2. The SMILES string of the molecule is CC(C)S(=O)(=O)Nc1ccc(F)c(C(C)(C)C)c1F. The fraction of sp³-hybridized carbons (Fsp3) is 0.538. The molecule has 0 amide bonds. The minimum absolute atomic E-state index is 0.128. The van der Waals surface area contributed by atoms with Gasteiger partial charge in [0.25, 0.3) is 0 Å². The average Bonchev–Trinajstić information content (AvgIpc) is 2.20. The third-order valence-corrected chi connectivity index (χ3v) is 4.46. The maximum atomic E-state index is 14.3. The number of benzene rings is 1. The largest absolute Gasteiger partial charge is 0.280 e. The summed E-state index contributed by atoms with van der Waals surface area (Å²) in [6.45, 7) is 7.95. The molecule has 1 N–H and O–H groups in total. The predicted molar refractivity (Wildman–Crippen MR) is 72.7 cm³/mol. The van der Waals surface area contributed by atoms with Gasteiger partial charge in [0.05, 0.1) is 10.9 Å². The van der Waals surface area contributed by atoms with E-state index in [4.69, 9.17) is 0 Å². The fourth-order valence-electron chi connectivity index (χ4n) is 1.59.